The molecule has 25 heavy (non-hydrogen) atoms. The van der Waals surface area contributed by atoms with Gasteiger partial charge >= 0.3 is 12.2 Å². The van der Waals surface area contributed by atoms with Gasteiger partial charge in [-0.25, -0.2) is 4.79 Å². The Balaban J connectivity index is 1.97. The molecule has 0 saturated carbocycles. The van der Waals surface area contributed by atoms with Crippen LogP contribution in [-0.2, 0) is 10.9 Å². The Hall–Kier alpha value is -2.25. The number of benzene rings is 2. The van der Waals surface area contributed by atoms with Gasteiger partial charge in [-0.2, -0.15) is 13.2 Å². The Labute approximate surface area is 147 Å². The van der Waals surface area contributed by atoms with E-state index in [9.17, 15) is 18.0 Å². The van der Waals surface area contributed by atoms with Gasteiger partial charge in [0.15, 0.2) is 0 Å². The lowest BCUT2D eigenvalue weighted by molar-refractivity contribution is -0.137. The molecule has 0 aromatic heterocycles. The number of hydrogen-bond acceptors (Lipinski definition) is 2. The molecular weight excluding hydrogens is 357 g/mol. The zero-order valence-corrected chi connectivity index (χ0v) is 14.0. The maximum atomic E-state index is 12.7. The molecule has 1 unspecified atom stereocenters. The summed E-state index contributed by atoms with van der Waals surface area (Å²) in [6, 6.07) is 10.8. The highest BCUT2D eigenvalue weighted by Crippen LogP contribution is 2.30. The van der Waals surface area contributed by atoms with E-state index in [1.165, 1.54) is 19.2 Å². The van der Waals surface area contributed by atoms with Gasteiger partial charge < -0.3 is 15.4 Å². The molecule has 0 aliphatic carbocycles. The lowest BCUT2D eigenvalue weighted by Gasteiger charge is -2.18. The summed E-state index contributed by atoms with van der Waals surface area (Å²) in [6.45, 7) is 0.102. The predicted molar refractivity (Wildman–Crippen MR) is 89.7 cm³/mol. The summed E-state index contributed by atoms with van der Waals surface area (Å²) in [5.74, 6) is 0. The molecule has 4 nitrogen and oxygen atoms in total. The number of alkyl halides is 3. The van der Waals surface area contributed by atoms with Crippen LogP contribution in [0.25, 0.3) is 0 Å². The highest BCUT2D eigenvalue weighted by atomic mass is 35.5. The van der Waals surface area contributed by atoms with Crippen LogP contribution in [-0.4, -0.2) is 19.7 Å². The van der Waals surface area contributed by atoms with Crippen LogP contribution in [0.2, 0.25) is 5.02 Å². The van der Waals surface area contributed by atoms with Crippen molar-refractivity contribution in [1.29, 1.82) is 0 Å². The smallest absolute Gasteiger partial charge is 0.375 e. The van der Waals surface area contributed by atoms with Gasteiger partial charge in [0, 0.05) is 29.9 Å². The average Bonchev–Trinajstić information content (AvgIpc) is 2.56. The van der Waals surface area contributed by atoms with Crippen molar-refractivity contribution in [2.24, 2.45) is 0 Å². The molecule has 1 atom stereocenters. The highest BCUT2D eigenvalue weighted by Gasteiger charge is 2.30. The predicted octanol–water partition coefficient (Wildman–Crippen LogP) is 4.87. The van der Waals surface area contributed by atoms with Crippen molar-refractivity contribution >= 4 is 23.3 Å². The Bertz CT molecular complexity index is 738. The summed E-state index contributed by atoms with van der Waals surface area (Å²) in [7, 11) is 1.47. The fourth-order valence-corrected chi connectivity index (χ4v) is 2.45. The Kier molecular flexibility index (Phi) is 6.27. The molecule has 0 aliphatic heterocycles. The van der Waals surface area contributed by atoms with E-state index in [1.54, 1.807) is 24.3 Å². The molecule has 2 amide bonds. The van der Waals surface area contributed by atoms with E-state index in [1.807, 2.05) is 0 Å². The van der Waals surface area contributed by atoms with Crippen molar-refractivity contribution in [3.05, 3.63) is 64.7 Å². The third kappa shape index (κ3) is 5.37. The first-order valence-electron chi connectivity index (χ1n) is 7.30. The van der Waals surface area contributed by atoms with E-state index in [0.717, 1.165) is 12.1 Å². The largest absolute Gasteiger partial charge is 0.416 e. The zero-order valence-electron chi connectivity index (χ0n) is 13.2. The molecule has 2 N–H and O–H groups in total. The molecule has 8 heteroatoms. The van der Waals surface area contributed by atoms with Crippen LogP contribution < -0.4 is 10.6 Å². The Morgan fingerprint density at radius 3 is 2.56 bits per heavy atom. The van der Waals surface area contributed by atoms with Crippen LogP contribution in [0.3, 0.4) is 0 Å². The second-order valence-electron chi connectivity index (χ2n) is 5.16. The molecule has 0 bridgehead atoms. The summed E-state index contributed by atoms with van der Waals surface area (Å²) in [5.41, 5.74) is -0.0961. The minimum absolute atomic E-state index is 0.0408. The Morgan fingerprint density at radius 1 is 1.20 bits per heavy atom. The number of carbonyl (C=O) groups excluding carboxylic acids is 1. The molecule has 2 aromatic carbocycles. The summed E-state index contributed by atoms with van der Waals surface area (Å²) < 4.78 is 43.3. The van der Waals surface area contributed by atoms with E-state index in [4.69, 9.17) is 16.3 Å². The molecule has 0 spiro atoms. The van der Waals surface area contributed by atoms with E-state index < -0.39 is 23.9 Å². The highest BCUT2D eigenvalue weighted by molar-refractivity contribution is 6.31. The molecular formula is C17H16ClF3N2O2. The molecule has 0 radical (unpaired) electrons. The fraction of sp³-hybridized carbons (Fsp3) is 0.235. The number of methoxy groups -OCH3 is 1. The number of ether oxygens (including phenoxy) is 1. The van der Waals surface area contributed by atoms with Crippen molar-refractivity contribution in [2.45, 2.75) is 12.3 Å². The molecule has 2 aromatic rings. The number of anilines is 1. The SMILES string of the molecule is COC(CNC(=O)Nc1cccc(C(F)(F)F)c1)c1ccccc1Cl. The monoisotopic (exact) mass is 372 g/mol. The van der Waals surface area contributed by atoms with Crippen LogP contribution in [0.4, 0.5) is 23.7 Å². The minimum Gasteiger partial charge on any atom is -0.375 e. The van der Waals surface area contributed by atoms with Gasteiger partial charge in [-0.1, -0.05) is 35.9 Å². The van der Waals surface area contributed by atoms with Crippen LogP contribution in [0.1, 0.15) is 17.2 Å². The summed E-state index contributed by atoms with van der Waals surface area (Å²) in [5, 5.41) is 5.41. The van der Waals surface area contributed by atoms with E-state index in [-0.39, 0.29) is 12.2 Å². The van der Waals surface area contributed by atoms with Gasteiger partial charge in [0.05, 0.1) is 5.56 Å². The number of nitrogens with one attached hydrogen (secondary N) is 2. The van der Waals surface area contributed by atoms with Crippen molar-refractivity contribution < 1.29 is 22.7 Å². The lowest BCUT2D eigenvalue weighted by atomic mass is 10.1. The van der Waals surface area contributed by atoms with Gasteiger partial charge in [0.2, 0.25) is 0 Å². The number of hydrogen-bond donors (Lipinski definition) is 2. The topological polar surface area (TPSA) is 50.4 Å². The van der Waals surface area contributed by atoms with Crippen LogP contribution in [0, 0.1) is 0 Å². The second-order valence-corrected chi connectivity index (χ2v) is 5.57. The van der Waals surface area contributed by atoms with Gasteiger partial charge in [-0.05, 0) is 24.3 Å². The van der Waals surface area contributed by atoms with Gasteiger partial charge in [-0.15, -0.1) is 0 Å². The summed E-state index contributed by atoms with van der Waals surface area (Å²) >= 11 is 6.09. The molecule has 134 valence electrons. The number of rotatable bonds is 5. The maximum Gasteiger partial charge on any atom is 0.416 e. The van der Waals surface area contributed by atoms with Crippen molar-refractivity contribution in [2.75, 3.05) is 19.0 Å². The van der Waals surface area contributed by atoms with Crippen molar-refractivity contribution in [3.8, 4) is 0 Å². The fourth-order valence-electron chi connectivity index (χ4n) is 2.19. The molecule has 0 aliphatic rings. The summed E-state index contributed by atoms with van der Waals surface area (Å²) in [4.78, 5) is 11.9. The quantitative estimate of drug-likeness (QED) is 0.786. The number of urea groups is 1. The van der Waals surface area contributed by atoms with E-state index >= 15 is 0 Å². The van der Waals surface area contributed by atoms with Crippen LogP contribution in [0.15, 0.2) is 48.5 Å². The first-order chi connectivity index (χ1) is 11.8. The molecule has 2 rings (SSSR count). The number of amides is 2. The van der Waals surface area contributed by atoms with E-state index in [0.29, 0.717) is 10.6 Å². The van der Waals surface area contributed by atoms with Crippen LogP contribution in [0.5, 0.6) is 0 Å². The molecule has 0 saturated heterocycles. The third-order valence-corrected chi connectivity index (χ3v) is 3.78. The zero-order chi connectivity index (χ0) is 18.4. The van der Waals surface area contributed by atoms with Crippen molar-refractivity contribution in [3.63, 3.8) is 0 Å². The standard InChI is InChI=1S/C17H16ClF3N2O2/c1-25-15(13-7-2-3-8-14(13)18)10-22-16(24)23-12-6-4-5-11(9-12)17(19,20)21/h2-9,15H,10H2,1H3,(H2,22,23,24). The van der Waals surface area contributed by atoms with Gasteiger partial charge in [0.25, 0.3) is 0 Å². The van der Waals surface area contributed by atoms with Crippen LogP contribution >= 0.6 is 11.6 Å². The number of halogens is 4. The maximum absolute atomic E-state index is 12.7. The normalized spacial score (nSPS) is 12.5. The van der Waals surface area contributed by atoms with Crippen molar-refractivity contribution in [1.82, 2.24) is 5.32 Å². The summed E-state index contributed by atoms with van der Waals surface area (Å²) in [6.07, 6.45) is -4.96. The van der Waals surface area contributed by atoms with Gasteiger partial charge in [-0.3, -0.25) is 0 Å². The first kappa shape index (κ1) is 19.1. The second kappa shape index (κ2) is 8.22. The average molecular weight is 373 g/mol. The molecule has 0 heterocycles. The van der Waals surface area contributed by atoms with E-state index in [2.05, 4.69) is 10.6 Å². The Morgan fingerprint density at radius 2 is 1.92 bits per heavy atom. The minimum atomic E-state index is -4.47. The lowest BCUT2D eigenvalue weighted by Crippen LogP contribution is -2.33. The third-order valence-electron chi connectivity index (χ3n) is 3.43. The van der Waals surface area contributed by atoms with Gasteiger partial charge in [0.1, 0.15) is 6.10 Å². The molecule has 0 fully saturated rings. The number of carbonyl (C=O) groups is 1. The first-order valence-corrected chi connectivity index (χ1v) is 7.68.